The standard InChI is InChI=1S/C11H21N5S/c1-4-9-10(13-6-5-8(2)17-3)14-7-15-11(9)16-12/h7-8H,4-6,12H2,1-3H3,(H2,13,14,15,16). The summed E-state index contributed by atoms with van der Waals surface area (Å²) in [6.07, 6.45) is 5.61. The van der Waals surface area contributed by atoms with Crippen LogP contribution in [0, 0.1) is 0 Å². The Bertz CT molecular complexity index is 345. The lowest BCUT2D eigenvalue weighted by molar-refractivity contribution is 0.845. The third kappa shape index (κ3) is 4.05. The van der Waals surface area contributed by atoms with Crippen LogP contribution in [0.4, 0.5) is 11.6 Å². The van der Waals surface area contributed by atoms with Gasteiger partial charge >= 0.3 is 0 Å². The molecule has 1 aromatic rings. The van der Waals surface area contributed by atoms with E-state index in [9.17, 15) is 0 Å². The zero-order chi connectivity index (χ0) is 12.7. The Balaban J connectivity index is 2.64. The lowest BCUT2D eigenvalue weighted by Gasteiger charge is -2.14. The molecule has 1 heterocycles. The van der Waals surface area contributed by atoms with Gasteiger partial charge in [-0.25, -0.2) is 15.8 Å². The number of aromatic nitrogens is 2. The van der Waals surface area contributed by atoms with Crippen molar-refractivity contribution in [3.05, 3.63) is 11.9 Å². The highest BCUT2D eigenvalue weighted by Crippen LogP contribution is 2.19. The zero-order valence-electron chi connectivity index (χ0n) is 10.7. The van der Waals surface area contributed by atoms with Crippen LogP contribution in [0.25, 0.3) is 0 Å². The van der Waals surface area contributed by atoms with Gasteiger partial charge in [-0.15, -0.1) is 0 Å². The Hall–Kier alpha value is -1.01. The van der Waals surface area contributed by atoms with E-state index in [-0.39, 0.29) is 0 Å². The molecular weight excluding hydrogens is 234 g/mol. The van der Waals surface area contributed by atoms with Gasteiger partial charge in [-0.3, -0.25) is 0 Å². The third-order valence-electron chi connectivity index (χ3n) is 2.68. The Morgan fingerprint density at radius 2 is 2.12 bits per heavy atom. The van der Waals surface area contributed by atoms with Crippen molar-refractivity contribution in [1.29, 1.82) is 0 Å². The minimum Gasteiger partial charge on any atom is -0.370 e. The van der Waals surface area contributed by atoms with Gasteiger partial charge in [-0.2, -0.15) is 11.8 Å². The summed E-state index contributed by atoms with van der Waals surface area (Å²) in [6.45, 7) is 5.20. The minimum atomic E-state index is 0.654. The molecule has 0 spiro atoms. The molecule has 0 aliphatic heterocycles. The van der Waals surface area contributed by atoms with Crippen molar-refractivity contribution < 1.29 is 0 Å². The minimum absolute atomic E-state index is 0.654. The molecule has 6 heteroatoms. The van der Waals surface area contributed by atoms with Gasteiger partial charge in [0, 0.05) is 17.4 Å². The number of nitrogen functional groups attached to an aromatic ring is 1. The summed E-state index contributed by atoms with van der Waals surface area (Å²) in [5.74, 6) is 7.00. The number of rotatable bonds is 7. The van der Waals surface area contributed by atoms with Crippen molar-refractivity contribution >= 4 is 23.4 Å². The molecule has 0 fully saturated rings. The third-order valence-corrected chi connectivity index (χ3v) is 3.72. The Kier molecular flexibility index (Phi) is 6.07. The van der Waals surface area contributed by atoms with Crippen molar-refractivity contribution in [3.63, 3.8) is 0 Å². The Morgan fingerprint density at radius 1 is 1.41 bits per heavy atom. The summed E-state index contributed by atoms with van der Waals surface area (Å²) < 4.78 is 0. The van der Waals surface area contributed by atoms with E-state index in [2.05, 4.69) is 40.8 Å². The molecule has 0 aliphatic rings. The molecule has 96 valence electrons. The van der Waals surface area contributed by atoms with Crippen LogP contribution in [-0.2, 0) is 6.42 Å². The Labute approximate surface area is 107 Å². The fourth-order valence-corrected chi connectivity index (χ4v) is 1.89. The van der Waals surface area contributed by atoms with Crippen LogP contribution in [-0.4, -0.2) is 28.0 Å². The van der Waals surface area contributed by atoms with Crippen molar-refractivity contribution in [2.75, 3.05) is 23.5 Å². The summed E-state index contributed by atoms with van der Waals surface area (Å²) in [6, 6.07) is 0. The van der Waals surface area contributed by atoms with Crippen molar-refractivity contribution in [2.45, 2.75) is 31.9 Å². The van der Waals surface area contributed by atoms with Gasteiger partial charge in [0.05, 0.1) is 0 Å². The first-order valence-electron chi connectivity index (χ1n) is 5.80. The normalized spacial score (nSPS) is 12.2. The van der Waals surface area contributed by atoms with Crippen LogP contribution < -0.4 is 16.6 Å². The topological polar surface area (TPSA) is 75.9 Å². The predicted molar refractivity (Wildman–Crippen MR) is 75.3 cm³/mol. The van der Waals surface area contributed by atoms with Gasteiger partial charge in [-0.05, 0) is 19.1 Å². The number of nitrogens with two attached hydrogens (primary N) is 1. The molecule has 17 heavy (non-hydrogen) atoms. The zero-order valence-corrected chi connectivity index (χ0v) is 11.5. The molecule has 0 bridgehead atoms. The molecule has 0 amide bonds. The molecular formula is C11H21N5S. The highest BCUT2D eigenvalue weighted by Gasteiger charge is 2.08. The van der Waals surface area contributed by atoms with E-state index >= 15 is 0 Å². The highest BCUT2D eigenvalue weighted by atomic mass is 32.2. The first kappa shape index (κ1) is 14.1. The number of nitrogens with one attached hydrogen (secondary N) is 2. The second-order valence-electron chi connectivity index (χ2n) is 3.81. The summed E-state index contributed by atoms with van der Waals surface area (Å²) >= 11 is 1.87. The molecule has 1 rings (SSSR count). The number of hydrogen-bond acceptors (Lipinski definition) is 6. The first-order chi connectivity index (χ1) is 8.22. The molecule has 0 aliphatic carbocycles. The second-order valence-corrected chi connectivity index (χ2v) is 5.09. The van der Waals surface area contributed by atoms with Crippen molar-refractivity contribution in [1.82, 2.24) is 9.97 Å². The number of hydrogen-bond donors (Lipinski definition) is 3. The Morgan fingerprint density at radius 3 is 2.71 bits per heavy atom. The van der Waals surface area contributed by atoms with Crippen LogP contribution >= 0.6 is 11.8 Å². The summed E-state index contributed by atoms with van der Waals surface area (Å²) in [7, 11) is 0. The SMILES string of the molecule is CCc1c(NN)ncnc1NCCC(C)SC. The molecule has 5 nitrogen and oxygen atoms in total. The van der Waals surface area contributed by atoms with Crippen molar-refractivity contribution in [3.8, 4) is 0 Å². The largest absolute Gasteiger partial charge is 0.370 e. The lowest BCUT2D eigenvalue weighted by Crippen LogP contribution is -2.15. The number of thioether (sulfide) groups is 1. The maximum absolute atomic E-state index is 5.42. The molecule has 0 saturated heterocycles. The summed E-state index contributed by atoms with van der Waals surface area (Å²) in [5.41, 5.74) is 3.64. The van der Waals surface area contributed by atoms with Crippen molar-refractivity contribution in [2.24, 2.45) is 5.84 Å². The average Bonchev–Trinajstić information content (AvgIpc) is 2.37. The quantitative estimate of drug-likeness (QED) is 0.510. The monoisotopic (exact) mass is 255 g/mol. The molecule has 4 N–H and O–H groups in total. The maximum atomic E-state index is 5.42. The number of nitrogens with zero attached hydrogens (tertiary/aromatic N) is 2. The fraction of sp³-hybridized carbons (Fsp3) is 0.636. The van der Waals surface area contributed by atoms with E-state index in [1.54, 1.807) is 0 Å². The summed E-state index contributed by atoms with van der Waals surface area (Å²) in [4.78, 5) is 8.35. The van der Waals surface area contributed by atoms with Gasteiger partial charge in [0.2, 0.25) is 0 Å². The van der Waals surface area contributed by atoms with Gasteiger partial charge in [-0.1, -0.05) is 13.8 Å². The lowest BCUT2D eigenvalue weighted by atomic mass is 10.2. The molecule has 0 aromatic carbocycles. The van der Waals surface area contributed by atoms with Gasteiger partial charge in [0.1, 0.15) is 18.0 Å². The molecule has 1 atom stereocenters. The first-order valence-corrected chi connectivity index (χ1v) is 7.08. The molecule has 0 saturated carbocycles. The van der Waals surface area contributed by atoms with E-state index in [1.165, 1.54) is 6.33 Å². The van der Waals surface area contributed by atoms with Gasteiger partial charge in [0.25, 0.3) is 0 Å². The predicted octanol–water partition coefficient (Wildman–Crippen LogP) is 1.88. The van der Waals surface area contributed by atoms with Crippen LogP contribution in [0.1, 0.15) is 25.8 Å². The molecule has 1 aromatic heterocycles. The second kappa shape index (κ2) is 7.34. The van der Waals surface area contributed by atoms with Gasteiger partial charge < -0.3 is 10.7 Å². The van der Waals surface area contributed by atoms with Gasteiger partial charge in [0.15, 0.2) is 0 Å². The van der Waals surface area contributed by atoms with E-state index in [4.69, 9.17) is 5.84 Å². The van der Waals surface area contributed by atoms with E-state index < -0.39 is 0 Å². The van der Waals surface area contributed by atoms with E-state index in [0.29, 0.717) is 11.1 Å². The summed E-state index contributed by atoms with van der Waals surface area (Å²) in [5, 5.41) is 4.00. The maximum Gasteiger partial charge on any atom is 0.148 e. The number of hydrazine groups is 1. The smallest absolute Gasteiger partial charge is 0.148 e. The number of anilines is 2. The average molecular weight is 255 g/mol. The fourth-order valence-electron chi connectivity index (χ4n) is 1.54. The van der Waals surface area contributed by atoms with Crippen LogP contribution in [0.2, 0.25) is 0 Å². The molecule has 1 unspecified atom stereocenters. The van der Waals surface area contributed by atoms with E-state index in [1.807, 2.05) is 11.8 Å². The van der Waals surface area contributed by atoms with Crippen LogP contribution in [0.3, 0.4) is 0 Å². The molecule has 0 radical (unpaired) electrons. The van der Waals surface area contributed by atoms with Crippen LogP contribution in [0.5, 0.6) is 0 Å². The highest BCUT2D eigenvalue weighted by molar-refractivity contribution is 7.99. The van der Waals surface area contributed by atoms with E-state index in [0.717, 1.165) is 30.8 Å². The van der Waals surface area contributed by atoms with Crippen LogP contribution in [0.15, 0.2) is 6.33 Å².